The first-order valence-corrected chi connectivity index (χ1v) is 12.6. The van der Waals surface area contributed by atoms with Crippen LogP contribution in [0.15, 0.2) is 30.3 Å². The molecule has 4 heterocycles. The van der Waals surface area contributed by atoms with Gasteiger partial charge >= 0.3 is 0 Å². The number of hydrogen-bond donors (Lipinski definition) is 1. The lowest BCUT2D eigenvalue weighted by molar-refractivity contribution is -0.136. The van der Waals surface area contributed by atoms with E-state index in [1.807, 2.05) is 24.3 Å². The largest absolute Gasteiger partial charge is 0.492 e. The van der Waals surface area contributed by atoms with Crippen molar-refractivity contribution >= 4 is 29.3 Å². The molecule has 0 saturated carbocycles. The second-order valence-corrected chi connectivity index (χ2v) is 10.5. The Hall–Kier alpha value is -3.41. The van der Waals surface area contributed by atoms with Crippen molar-refractivity contribution in [1.29, 1.82) is 5.26 Å². The van der Waals surface area contributed by atoms with Crippen LogP contribution in [-0.4, -0.2) is 53.3 Å². The Morgan fingerprint density at radius 1 is 1.17 bits per heavy atom. The third-order valence-electron chi connectivity index (χ3n) is 8.10. The average Bonchev–Trinajstić information content (AvgIpc) is 3.39. The summed E-state index contributed by atoms with van der Waals surface area (Å²) in [6, 6.07) is 11.0. The zero-order chi connectivity index (χ0) is 25.0. The van der Waals surface area contributed by atoms with E-state index in [4.69, 9.17) is 21.6 Å². The number of benzene rings is 2. The number of likely N-dealkylation sites (tertiary alicyclic amines) is 1. The first-order chi connectivity index (χ1) is 17.4. The molecular weight excluding hydrogens is 480 g/mol. The molecule has 9 heteroatoms. The van der Waals surface area contributed by atoms with Gasteiger partial charge < -0.3 is 9.64 Å². The minimum absolute atomic E-state index is 0.0890. The van der Waals surface area contributed by atoms with Crippen molar-refractivity contribution in [2.24, 2.45) is 0 Å². The van der Waals surface area contributed by atoms with Crippen LogP contribution in [0.25, 0.3) is 0 Å². The van der Waals surface area contributed by atoms with Crippen molar-refractivity contribution in [3.05, 3.63) is 63.2 Å². The standard InChI is InChI=1S/C27H25ClN4O4/c28-21-11-16(1-2-17(21)12-29)13-31-9-7-27(8-10-31)15-36-24-19-14-32(22-5-6-23(33)30-25(22)34)26(35)18(19)3-4-20(24)27/h1-4,11,22H,5-10,13-15H2,(H,30,33,34). The number of fused-ring (bicyclic) bond motifs is 4. The maximum absolute atomic E-state index is 13.1. The minimum atomic E-state index is -0.632. The zero-order valence-corrected chi connectivity index (χ0v) is 20.4. The molecule has 3 amide bonds. The van der Waals surface area contributed by atoms with Crippen LogP contribution in [0.3, 0.4) is 0 Å². The second-order valence-electron chi connectivity index (χ2n) is 10.1. The Balaban J connectivity index is 1.18. The van der Waals surface area contributed by atoms with Crippen LogP contribution in [-0.2, 0) is 28.1 Å². The highest BCUT2D eigenvalue weighted by molar-refractivity contribution is 6.31. The molecule has 2 fully saturated rings. The molecule has 4 aliphatic rings. The Kier molecular flexibility index (Phi) is 5.51. The molecule has 6 rings (SSSR count). The SMILES string of the molecule is N#Cc1ccc(CN2CCC3(CC2)COc2c3ccc3c2CN(C2CCC(=O)NC2=O)C3=O)cc1Cl. The monoisotopic (exact) mass is 504 g/mol. The molecule has 1 unspecified atom stereocenters. The summed E-state index contributed by atoms with van der Waals surface area (Å²) in [6.07, 6.45) is 2.46. The Morgan fingerprint density at radius 2 is 1.97 bits per heavy atom. The highest BCUT2D eigenvalue weighted by Gasteiger charge is 2.47. The van der Waals surface area contributed by atoms with Crippen LogP contribution in [0.5, 0.6) is 5.75 Å². The number of nitriles is 1. The molecule has 2 saturated heterocycles. The molecule has 1 N–H and O–H groups in total. The van der Waals surface area contributed by atoms with E-state index < -0.39 is 11.9 Å². The first-order valence-electron chi connectivity index (χ1n) is 12.2. The maximum Gasteiger partial charge on any atom is 0.255 e. The van der Waals surface area contributed by atoms with Crippen LogP contribution >= 0.6 is 11.6 Å². The number of nitrogens with one attached hydrogen (secondary N) is 1. The lowest BCUT2D eigenvalue weighted by Crippen LogP contribution is -2.52. The molecule has 1 spiro atoms. The van der Waals surface area contributed by atoms with Crippen LogP contribution in [0.1, 0.15) is 58.3 Å². The van der Waals surface area contributed by atoms with Gasteiger partial charge in [0.2, 0.25) is 11.8 Å². The van der Waals surface area contributed by atoms with Gasteiger partial charge in [-0.3, -0.25) is 24.6 Å². The lowest BCUT2D eigenvalue weighted by Gasteiger charge is -2.38. The summed E-state index contributed by atoms with van der Waals surface area (Å²) in [5.41, 5.74) is 4.08. The first kappa shape index (κ1) is 23.0. The van der Waals surface area contributed by atoms with Crippen molar-refractivity contribution in [2.45, 2.75) is 50.2 Å². The zero-order valence-electron chi connectivity index (χ0n) is 19.7. The van der Waals surface area contributed by atoms with E-state index in [1.54, 1.807) is 11.0 Å². The van der Waals surface area contributed by atoms with E-state index in [0.717, 1.165) is 54.9 Å². The number of nitrogens with zero attached hydrogens (tertiary/aromatic N) is 3. The number of piperidine rings is 2. The van der Waals surface area contributed by atoms with Gasteiger partial charge in [0, 0.05) is 35.1 Å². The maximum atomic E-state index is 13.1. The van der Waals surface area contributed by atoms with E-state index >= 15 is 0 Å². The number of amides is 3. The fourth-order valence-electron chi connectivity index (χ4n) is 6.04. The average molecular weight is 505 g/mol. The molecule has 0 aliphatic carbocycles. The quantitative estimate of drug-likeness (QED) is 0.645. The number of carbonyl (C=O) groups is 3. The Bertz CT molecular complexity index is 1340. The van der Waals surface area contributed by atoms with Gasteiger partial charge in [-0.2, -0.15) is 5.26 Å². The third kappa shape index (κ3) is 3.66. The molecule has 0 bridgehead atoms. The summed E-state index contributed by atoms with van der Waals surface area (Å²) in [4.78, 5) is 41.1. The van der Waals surface area contributed by atoms with Crippen molar-refractivity contribution in [3.63, 3.8) is 0 Å². The molecule has 2 aromatic rings. The molecular formula is C27H25ClN4O4. The van der Waals surface area contributed by atoms with E-state index in [0.29, 0.717) is 35.7 Å². The highest BCUT2D eigenvalue weighted by Crippen LogP contribution is 2.49. The summed E-state index contributed by atoms with van der Waals surface area (Å²) in [5.74, 6) is -0.0803. The fourth-order valence-corrected chi connectivity index (χ4v) is 6.29. The molecule has 1 atom stereocenters. The van der Waals surface area contributed by atoms with E-state index in [1.165, 1.54) is 0 Å². The van der Waals surface area contributed by atoms with Crippen LogP contribution < -0.4 is 10.1 Å². The van der Waals surface area contributed by atoms with E-state index in [-0.39, 0.29) is 23.7 Å². The van der Waals surface area contributed by atoms with Gasteiger partial charge in [-0.1, -0.05) is 23.7 Å². The topological polar surface area (TPSA) is 103 Å². The number of halogens is 1. The summed E-state index contributed by atoms with van der Waals surface area (Å²) < 4.78 is 6.26. The Labute approximate surface area is 213 Å². The summed E-state index contributed by atoms with van der Waals surface area (Å²) in [7, 11) is 0. The third-order valence-corrected chi connectivity index (χ3v) is 8.42. The van der Waals surface area contributed by atoms with Gasteiger partial charge in [0.1, 0.15) is 17.9 Å². The van der Waals surface area contributed by atoms with Gasteiger partial charge in [0.25, 0.3) is 5.91 Å². The van der Waals surface area contributed by atoms with Crippen molar-refractivity contribution in [2.75, 3.05) is 19.7 Å². The number of hydrogen-bond acceptors (Lipinski definition) is 6. The van der Waals surface area contributed by atoms with Crippen molar-refractivity contribution in [3.8, 4) is 11.8 Å². The number of carbonyl (C=O) groups excluding carboxylic acids is 3. The molecule has 8 nitrogen and oxygen atoms in total. The van der Waals surface area contributed by atoms with Crippen molar-refractivity contribution in [1.82, 2.24) is 15.1 Å². The summed E-state index contributed by atoms with van der Waals surface area (Å²) in [6.45, 7) is 3.49. The molecule has 0 radical (unpaired) electrons. The Morgan fingerprint density at radius 3 is 2.69 bits per heavy atom. The lowest BCUT2D eigenvalue weighted by atomic mass is 9.74. The number of imide groups is 1. The van der Waals surface area contributed by atoms with E-state index in [2.05, 4.69) is 16.3 Å². The van der Waals surface area contributed by atoms with Gasteiger partial charge in [-0.15, -0.1) is 0 Å². The van der Waals surface area contributed by atoms with Crippen molar-refractivity contribution < 1.29 is 19.1 Å². The summed E-state index contributed by atoms with van der Waals surface area (Å²) in [5, 5.41) is 11.9. The predicted octanol–water partition coefficient (Wildman–Crippen LogP) is 2.90. The summed E-state index contributed by atoms with van der Waals surface area (Å²) >= 11 is 6.21. The molecule has 36 heavy (non-hydrogen) atoms. The van der Waals surface area contributed by atoms with Crippen LogP contribution in [0.2, 0.25) is 5.02 Å². The normalized spacial score (nSPS) is 22.7. The smallest absolute Gasteiger partial charge is 0.255 e. The van der Waals surface area contributed by atoms with Crippen LogP contribution in [0.4, 0.5) is 0 Å². The molecule has 2 aromatic carbocycles. The predicted molar refractivity (Wildman–Crippen MR) is 130 cm³/mol. The number of rotatable bonds is 3. The number of ether oxygens (including phenoxy) is 1. The highest BCUT2D eigenvalue weighted by atomic mass is 35.5. The second kappa shape index (κ2) is 8.61. The molecule has 184 valence electrons. The molecule has 4 aliphatic heterocycles. The van der Waals surface area contributed by atoms with Crippen LogP contribution in [0, 0.1) is 11.3 Å². The van der Waals surface area contributed by atoms with E-state index in [9.17, 15) is 14.4 Å². The van der Waals surface area contributed by atoms with Gasteiger partial charge in [-0.25, -0.2) is 0 Å². The minimum Gasteiger partial charge on any atom is -0.492 e. The van der Waals surface area contributed by atoms with Gasteiger partial charge in [0.15, 0.2) is 0 Å². The molecule has 0 aromatic heterocycles. The van der Waals surface area contributed by atoms with Gasteiger partial charge in [0.05, 0.1) is 23.7 Å². The fraction of sp³-hybridized carbons (Fsp3) is 0.407. The van der Waals surface area contributed by atoms with Gasteiger partial charge in [-0.05, 0) is 56.1 Å².